The zero-order valence-corrected chi connectivity index (χ0v) is 24.2. The lowest BCUT2D eigenvalue weighted by Gasteiger charge is -2.12. The number of nitrogens with one attached hydrogen (secondary N) is 2. The number of anilines is 1. The van der Waals surface area contributed by atoms with E-state index in [0.29, 0.717) is 6.29 Å². The van der Waals surface area contributed by atoms with E-state index in [9.17, 15) is 31.9 Å². The van der Waals surface area contributed by atoms with Crippen molar-refractivity contribution in [2.45, 2.75) is 38.4 Å². The molecule has 0 aromatic heterocycles. The maximum Gasteiger partial charge on any atom is 0.488 e. The number of benzene rings is 2. The van der Waals surface area contributed by atoms with Crippen LogP contribution in [0, 0.1) is 5.82 Å². The van der Waals surface area contributed by atoms with Gasteiger partial charge in [-0.3, -0.25) is 9.59 Å². The van der Waals surface area contributed by atoms with Gasteiger partial charge in [0, 0.05) is 38.3 Å². The summed E-state index contributed by atoms with van der Waals surface area (Å²) in [5.41, 5.74) is 16.3. The third kappa shape index (κ3) is 18.0. The van der Waals surface area contributed by atoms with Crippen molar-refractivity contribution in [1.29, 1.82) is 0 Å². The molecule has 0 bridgehead atoms. The number of aldehydes is 1. The summed E-state index contributed by atoms with van der Waals surface area (Å²) in [6.07, 6.45) is -2.52. The first-order valence-electron chi connectivity index (χ1n) is 13.4. The second-order valence-electron chi connectivity index (χ2n) is 9.19. The fraction of sp³-hybridized carbons (Fsp3) is 0.444. The lowest BCUT2D eigenvalue weighted by molar-refractivity contribution is -0.137. The predicted molar refractivity (Wildman–Crippen MR) is 158 cm³/mol. The van der Waals surface area contributed by atoms with Gasteiger partial charge in [0.15, 0.2) is 0 Å². The highest BCUT2D eigenvalue weighted by atomic mass is 19.4. The lowest BCUT2D eigenvalue weighted by Crippen LogP contribution is -2.43. The number of nitrogens with zero attached hydrogens (tertiary/aromatic N) is 1. The van der Waals surface area contributed by atoms with E-state index in [4.69, 9.17) is 27.2 Å². The number of alkyl halides is 3. The Kier molecular flexibility index (Phi) is 19.6. The molecule has 1 atom stereocenters. The topological polar surface area (TPSA) is 197 Å². The average molecular weight is 616 g/mol. The fourth-order valence-corrected chi connectivity index (χ4v) is 3.20. The first kappa shape index (κ1) is 39.6. The second-order valence-corrected chi connectivity index (χ2v) is 9.19. The molecular formula is C27H41BF4N6O5. The molecule has 0 heterocycles. The van der Waals surface area contributed by atoms with Gasteiger partial charge in [0.2, 0.25) is 11.8 Å². The molecule has 2 aromatic carbocycles. The van der Waals surface area contributed by atoms with E-state index >= 15 is 0 Å². The Morgan fingerprint density at radius 1 is 1.07 bits per heavy atom. The summed E-state index contributed by atoms with van der Waals surface area (Å²) >= 11 is 0. The maximum atomic E-state index is 13.3. The quantitative estimate of drug-likeness (QED) is 0.0918. The molecule has 2 rings (SSSR count). The third-order valence-corrected chi connectivity index (χ3v) is 5.57. The Hall–Kier alpha value is -3.41. The van der Waals surface area contributed by atoms with E-state index in [1.165, 1.54) is 18.2 Å². The summed E-state index contributed by atoms with van der Waals surface area (Å²) in [5.74, 6) is -2.00. The van der Waals surface area contributed by atoms with Crippen LogP contribution in [-0.2, 0) is 27.0 Å². The molecule has 0 saturated heterocycles. The molecule has 0 fully saturated rings. The van der Waals surface area contributed by atoms with E-state index in [0.717, 1.165) is 62.4 Å². The summed E-state index contributed by atoms with van der Waals surface area (Å²) in [7, 11) is 0.136. The molecule has 0 spiro atoms. The van der Waals surface area contributed by atoms with Crippen LogP contribution in [0.2, 0.25) is 0 Å². The average Bonchev–Trinajstić information content (AvgIpc) is 2.94. The van der Waals surface area contributed by atoms with Gasteiger partial charge < -0.3 is 47.6 Å². The van der Waals surface area contributed by atoms with E-state index in [1.807, 2.05) is 14.0 Å². The van der Waals surface area contributed by atoms with Gasteiger partial charge >= 0.3 is 13.3 Å². The second kappa shape index (κ2) is 21.3. The number of hydrogen-bond acceptors (Lipinski definition) is 9. The molecule has 2 amide bonds. The van der Waals surface area contributed by atoms with Gasteiger partial charge in [-0.25, -0.2) is 4.39 Å². The van der Waals surface area contributed by atoms with Gasteiger partial charge in [0.05, 0.1) is 18.2 Å². The number of carbonyl (C=O) groups excluding carboxylic acids is 3. The van der Waals surface area contributed by atoms with Gasteiger partial charge in [-0.1, -0.05) is 19.1 Å². The van der Waals surface area contributed by atoms with Crippen molar-refractivity contribution in [2.24, 2.45) is 17.2 Å². The standard InChI is InChI=1S/C13H17BFN3O5.C9H9F3.C5H15N3/c15-9-4-8(14(22)23)5-10(6-9)18-12(20)7-17-13(21)11(16)2-1-3-19;1-2-7-3-5-8(6-4-7)9(10,11)12;1-8(4-2-6)5-3-7/h3-6,11,22-23H,1-2,7,16H2,(H,17,21)(H,18,20);3-6H,2H2,1H3;2-7H2,1H3. The van der Waals surface area contributed by atoms with Crippen molar-refractivity contribution in [3.8, 4) is 0 Å². The largest absolute Gasteiger partial charge is 0.488 e. The van der Waals surface area contributed by atoms with Crippen LogP contribution in [-0.4, -0.2) is 86.0 Å². The minimum atomic E-state index is -4.22. The van der Waals surface area contributed by atoms with Crippen molar-refractivity contribution in [2.75, 3.05) is 45.1 Å². The van der Waals surface area contributed by atoms with Gasteiger partial charge in [-0.15, -0.1) is 0 Å². The zero-order valence-electron chi connectivity index (χ0n) is 24.2. The molecule has 0 radical (unpaired) electrons. The summed E-state index contributed by atoms with van der Waals surface area (Å²) in [4.78, 5) is 35.5. The molecule has 1 unspecified atom stereocenters. The van der Waals surface area contributed by atoms with Crippen LogP contribution in [0.4, 0.5) is 23.2 Å². The highest BCUT2D eigenvalue weighted by molar-refractivity contribution is 6.58. The molecular weight excluding hydrogens is 575 g/mol. The first-order valence-corrected chi connectivity index (χ1v) is 13.4. The third-order valence-electron chi connectivity index (χ3n) is 5.57. The van der Waals surface area contributed by atoms with E-state index in [-0.39, 0.29) is 24.0 Å². The molecule has 0 saturated carbocycles. The van der Waals surface area contributed by atoms with Crippen LogP contribution in [0.25, 0.3) is 0 Å². The van der Waals surface area contributed by atoms with Crippen molar-refractivity contribution in [1.82, 2.24) is 10.2 Å². The number of aryl methyl sites for hydroxylation is 1. The Morgan fingerprint density at radius 3 is 2.12 bits per heavy atom. The molecule has 43 heavy (non-hydrogen) atoms. The molecule has 2 aromatic rings. The zero-order chi connectivity index (χ0) is 33.0. The van der Waals surface area contributed by atoms with Crippen molar-refractivity contribution < 1.29 is 42.0 Å². The van der Waals surface area contributed by atoms with Crippen LogP contribution in [0.5, 0.6) is 0 Å². The number of likely N-dealkylation sites (N-methyl/N-ethyl adjacent to an activating group) is 1. The van der Waals surface area contributed by atoms with Crippen LogP contribution < -0.4 is 33.3 Å². The molecule has 0 aliphatic heterocycles. The number of carbonyl (C=O) groups is 3. The Morgan fingerprint density at radius 2 is 1.65 bits per heavy atom. The van der Waals surface area contributed by atoms with Gasteiger partial charge in [0.25, 0.3) is 0 Å². The number of hydrogen-bond donors (Lipinski definition) is 7. The molecule has 11 nitrogen and oxygen atoms in total. The molecule has 16 heteroatoms. The molecule has 240 valence electrons. The van der Waals surface area contributed by atoms with Crippen molar-refractivity contribution >= 4 is 36.4 Å². The smallest absolute Gasteiger partial charge is 0.423 e. The van der Waals surface area contributed by atoms with E-state index in [1.54, 1.807) is 0 Å². The van der Waals surface area contributed by atoms with Crippen LogP contribution in [0.1, 0.15) is 30.9 Å². The highest BCUT2D eigenvalue weighted by Crippen LogP contribution is 2.29. The van der Waals surface area contributed by atoms with E-state index < -0.39 is 49.1 Å². The Bertz CT molecular complexity index is 1100. The Labute approximate surface area is 248 Å². The summed E-state index contributed by atoms with van der Waals surface area (Å²) in [6, 6.07) is 7.40. The summed E-state index contributed by atoms with van der Waals surface area (Å²) in [6.45, 7) is 4.82. The number of amides is 2. The van der Waals surface area contributed by atoms with Crippen LogP contribution in [0.3, 0.4) is 0 Å². The van der Waals surface area contributed by atoms with Crippen molar-refractivity contribution in [3.63, 3.8) is 0 Å². The SMILES string of the molecule is CCc1ccc(C(F)(F)F)cc1.CN(CCN)CCN.NC(CCC=O)C(=O)NCC(=O)Nc1cc(F)cc(B(O)O)c1. The summed E-state index contributed by atoms with van der Waals surface area (Å²) in [5, 5.41) is 22.6. The van der Waals surface area contributed by atoms with Crippen molar-refractivity contribution in [3.05, 3.63) is 59.4 Å². The normalized spacial score (nSPS) is 11.3. The number of rotatable bonds is 13. The van der Waals surface area contributed by atoms with Gasteiger partial charge in [0.1, 0.15) is 12.1 Å². The fourth-order valence-electron chi connectivity index (χ4n) is 3.20. The lowest BCUT2D eigenvalue weighted by atomic mass is 9.80. The monoisotopic (exact) mass is 616 g/mol. The first-order chi connectivity index (χ1) is 20.2. The van der Waals surface area contributed by atoms with Crippen LogP contribution >= 0.6 is 0 Å². The molecule has 0 aliphatic carbocycles. The summed E-state index contributed by atoms with van der Waals surface area (Å²) < 4.78 is 49.4. The minimum Gasteiger partial charge on any atom is -0.423 e. The molecule has 10 N–H and O–H groups in total. The van der Waals surface area contributed by atoms with E-state index in [2.05, 4.69) is 15.5 Å². The Balaban J connectivity index is 0.000000730. The molecule has 0 aliphatic rings. The van der Waals surface area contributed by atoms with Gasteiger partial charge in [-0.05, 0) is 61.2 Å². The predicted octanol–water partition coefficient (Wildman–Crippen LogP) is -0.0300. The van der Waals surface area contributed by atoms with Gasteiger partial charge in [-0.2, -0.15) is 13.2 Å². The minimum absolute atomic E-state index is 0.0117. The number of nitrogens with two attached hydrogens (primary N) is 3. The maximum absolute atomic E-state index is 13.3. The number of halogens is 4. The van der Waals surface area contributed by atoms with Crippen LogP contribution in [0.15, 0.2) is 42.5 Å². The highest BCUT2D eigenvalue weighted by Gasteiger charge is 2.29.